The summed E-state index contributed by atoms with van der Waals surface area (Å²) >= 11 is 0. The van der Waals surface area contributed by atoms with Crippen LogP contribution in [0.4, 0.5) is 0 Å². The van der Waals surface area contributed by atoms with Gasteiger partial charge in [-0.25, -0.2) is 0 Å². The van der Waals surface area contributed by atoms with Crippen LogP contribution >= 0.6 is 0 Å². The van der Waals surface area contributed by atoms with E-state index in [4.69, 9.17) is 0 Å². The summed E-state index contributed by atoms with van der Waals surface area (Å²) in [6, 6.07) is 0. The quantitative estimate of drug-likeness (QED) is 0.432. The Morgan fingerprint density at radius 1 is 0.571 bits per heavy atom. The molecule has 0 atom stereocenters. The Morgan fingerprint density at radius 2 is 0.571 bits per heavy atom. The Balaban J connectivity index is -0.0000000270. The van der Waals surface area contributed by atoms with E-state index in [2.05, 4.69) is 0 Å². The van der Waals surface area contributed by atoms with Gasteiger partial charge in [-0.05, 0) is 0 Å². The van der Waals surface area contributed by atoms with Gasteiger partial charge in [-0.2, -0.15) is 0 Å². The van der Waals surface area contributed by atoms with Crippen molar-refractivity contribution < 1.29 is 54.0 Å². The molecule has 86 valence electrons. The van der Waals surface area contributed by atoms with Crippen molar-refractivity contribution >= 4 is 0 Å². The predicted octanol–water partition coefficient (Wildman–Crippen LogP) is -3.73. The molecule has 0 unspecified atom stereocenters. The molecule has 0 saturated carbocycles. The van der Waals surface area contributed by atoms with Crippen LogP contribution in [0.15, 0.2) is 0 Å². The van der Waals surface area contributed by atoms with Crippen LogP contribution in [0.5, 0.6) is 0 Å². The molecule has 0 heterocycles. The molecule has 0 radical (unpaired) electrons. The molecule has 0 rings (SSSR count). The molecule has 0 N–H and O–H groups in total. The molecule has 5 heteroatoms. The molecule has 3 nitrogen and oxygen atoms in total. The summed E-state index contributed by atoms with van der Waals surface area (Å²) in [5.41, 5.74) is 0. The second-order valence-corrected chi connectivity index (χ2v) is 3.15. The second-order valence-electron chi connectivity index (χ2n) is 3.15. The fourth-order valence-electron chi connectivity index (χ4n) is 0. The fourth-order valence-corrected chi connectivity index (χ4v) is 0. The van der Waals surface area contributed by atoms with E-state index in [0.717, 1.165) is 0 Å². The first kappa shape index (κ1) is 29.4. The maximum atomic E-state index is 9.53. The molecule has 14 heavy (non-hydrogen) atoms. The van der Waals surface area contributed by atoms with Crippen LogP contribution in [0.25, 0.3) is 0 Å². The van der Waals surface area contributed by atoms with Crippen LogP contribution < -0.4 is 32.3 Å². The normalized spacial score (nSPS) is 7.71. The topological polar surface area (TPSA) is 69.2 Å². The third-order valence-corrected chi connectivity index (χ3v) is 0. The Kier molecular flexibility index (Phi) is 49.8. The van der Waals surface area contributed by atoms with E-state index in [-0.39, 0.29) is 38.7 Å². The van der Waals surface area contributed by atoms with E-state index in [1.165, 1.54) is 0 Å². The smallest absolute Gasteiger partial charge is 1.00 e. The van der Waals surface area contributed by atoms with E-state index in [1.807, 2.05) is 0 Å². The fraction of sp³-hybridized carbons (Fsp3) is 1.00. The maximum absolute atomic E-state index is 9.53. The number of hydrogen-bond acceptors (Lipinski definition) is 3. The summed E-state index contributed by atoms with van der Waals surface area (Å²) in [7, 11) is 0. The van der Waals surface area contributed by atoms with Crippen LogP contribution in [-0.2, 0) is 21.7 Å². The monoisotopic (exact) mass is 304 g/mol. The SMILES string of the molecule is CC(C)[O-].CC(C)[O-].CC(C)[O-].[Br-].[Ti+4]. The molecule has 0 aliphatic carbocycles. The van der Waals surface area contributed by atoms with Crippen molar-refractivity contribution in [2.75, 3.05) is 0 Å². The standard InChI is InChI=1S/3C3H7O.BrH.Ti/c3*1-3(2)4;;/h3*3H,1-2H3;1H;/q3*-1;;+4/p-1. The first-order valence-electron chi connectivity index (χ1n) is 4.17. The molecular weight excluding hydrogens is 284 g/mol. The first-order chi connectivity index (χ1) is 5.20. The Hall–Kier alpha value is 1.07. The minimum atomic E-state index is -0.417. The van der Waals surface area contributed by atoms with E-state index >= 15 is 0 Å². The van der Waals surface area contributed by atoms with Crippen LogP contribution in [-0.4, -0.2) is 18.3 Å². The average Bonchev–Trinajstić information content (AvgIpc) is 1.54. The van der Waals surface area contributed by atoms with Gasteiger partial charge >= 0.3 is 21.7 Å². The summed E-state index contributed by atoms with van der Waals surface area (Å²) in [4.78, 5) is 0. The molecule has 0 aromatic rings. The summed E-state index contributed by atoms with van der Waals surface area (Å²) in [5, 5.41) is 28.6. The van der Waals surface area contributed by atoms with Crippen molar-refractivity contribution in [2.24, 2.45) is 0 Å². The van der Waals surface area contributed by atoms with Gasteiger partial charge in [-0.15, -0.1) is 18.3 Å². The zero-order valence-corrected chi connectivity index (χ0v) is 13.0. The predicted molar refractivity (Wildman–Crippen MR) is 45.4 cm³/mol. The van der Waals surface area contributed by atoms with Gasteiger partial charge in [0.1, 0.15) is 0 Å². The van der Waals surface area contributed by atoms with Crippen molar-refractivity contribution in [2.45, 2.75) is 59.9 Å². The van der Waals surface area contributed by atoms with Crippen LogP contribution in [0, 0.1) is 0 Å². The summed E-state index contributed by atoms with van der Waals surface area (Å²) in [6.45, 7) is 9.67. The summed E-state index contributed by atoms with van der Waals surface area (Å²) in [5.74, 6) is 0. The van der Waals surface area contributed by atoms with Crippen molar-refractivity contribution in [3.63, 3.8) is 0 Å². The van der Waals surface area contributed by atoms with Crippen LogP contribution in [0.1, 0.15) is 41.5 Å². The molecule has 0 aromatic heterocycles. The van der Waals surface area contributed by atoms with Gasteiger partial charge in [0.15, 0.2) is 0 Å². The number of rotatable bonds is 0. The molecule has 0 spiro atoms. The van der Waals surface area contributed by atoms with Crippen molar-refractivity contribution in [1.29, 1.82) is 0 Å². The molecule has 0 bridgehead atoms. The second kappa shape index (κ2) is 23.7. The Morgan fingerprint density at radius 3 is 0.571 bits per heavy atom. The minimum Gasteiger partial charge on any atom is -1.00 e. The first-order valence-corrected chi connectivity index (χ1v) is 4.17. The molecule has 0 aromatic carbocycles. The van der Waals surface area contributed by atoms with E-state index in [1.54, 1.807) is 41.5 Å². The summed E-state index contributed by atoms with van der Waals surface area (Å²) in [6.07, 6.45) is -1.25. The molecule has 0 aliphatic heterocycles. The third-order valence-electron chi connectivity index (χ3n) is 0. The molecule has 0 fully saturated rings. The van der Waals surface area contributed by atoms with Gasteiger partial charge < -0.3 is 32.3 Å². The van der Waals surface area contributed by atoms with Crippen molar-refractivity contribution in [3.05, 3.63) is 0 Å². The molecule has 0 saturated heterocycles. The van der Waals surface area contributed by atoms with Crippen molar-refractivity contribution in [3.8, 4) is 0 Å². The Labute approximate surface area is 114 Å². The van der Waals surface area contributed by atoms with E-state index < -0.39 is 18.3 Å². The van der Waals surface area contributed by atoms with E-state index in [0.29, 0.717) is 0 Å². The van der Waals surface area contributed by atoms with Gasteiger partial charge in [-0.3, -0.25) is 0 Å². The summed E-state index contributed by atoms with van der Waals surface area (Å²) < 4.78 is 0. The minimum absolute atomic E-state index is 0. The molecular formula is C9H21BrO3Ti. The number of halogens is 1. The average molecular weight is 305 g/mol. The van der Waals surface area contributed by atoms with Gasteiger partial charge in [0.05, 0.1) is 0 Å². The van der Waals surface area contributed by atoms with Crippen LogP contribution in [0.3, 0.4) is 0 Å². The maximum Gasteiger partial charge on any atom is 4.00 e. The van der Waals surface area contributed by atoms with Gasteiger partial charge in [0.2, 0.25) is 0 Å². The zero-order valence-electron chi connectivity index (χ0n) is 9.83. The van der Waals surface area contributed by atoms with Gasteiger partial charge in [0, 0.05) is 0 Å². The van der Waals surface area contributed by atoms with Crippen LogP contribution in [0.2, 0.25) is 0 Å². The zero-order chi connectivity index (χ0) is 10.7. The van der Waals surface area contributed by atoms with Gasteiger partial charge in [-0.1, -0.05) is 41.5 Å². The Bertz CT molecular complexity index is 48.5. The molecule has 0 amide bonds. The third kappa shape index (κ3) is 1650. The van der Waals surface area contributed by atoms with Crippen molar-refractivity contribution in [1.82, 2.24) is 0 Å². The number of hydrogen-bond donors (Lipinski definition) is 0. The van der Waals surface area contributed by atoms with E-state index in [9.17, 15) is 15.3 Å². The van der Waals surface area contributed by atoms with Gasteiger partial charge in [0.25, 0.3) is 0 Å². The largest absolute Gasteiger partial charge is 4.00 e. The molecule has 0 aliphatic rings.